The fraction of sp³-hybridized carbons (Fsp3) is 0.227. The number of hydrogen-bond acceptors (Lipinski definition) is 4. The van der Waals surface area contributed by atoms with Crippen LogP contribution >= 0.6 is 0 Å². The first-order chi connectivity index (χ1) is 14.6. The number of hydrogen-bond donors (Lipinski definition) is 1. The largest absolute Gasteiger partial charge is 0.270 e. The van der Waals surface area contributed by atoms with Gasteiger partial charge in [-0.15, -0.1) is 0 Å². The molecule has 1 N–H and O–H groups in total. The second kappa shape index (κ2) is 8.62. The number of nitrogens with one attached hydrogen (secondary N) is 1. The number of nitrogens with zero attached hydrogens (tertiary/aromatic N) is 4. The first-order valence-corrected chi connectivity index (χ1v) is 11.5. The summed E-state index contributed by atoms with van der Waals surface area (Å²) in [6.45, 7) is 3.07. The number of unbranched alkanes of at least 4 members (excludes halogenated alkanes) is 2. The van der Waals surface area contributed by atoms with Gasteiger partial charge >= 0.3 is 0 Å². The quantitative estimate of drug-likeness (QED) is 0.347. The molecule has 0 bridgehead atoms. The fourth-order valence-corrected chi connectivity index (χ4v) is 4.25. The van der Waals surface area contributed by atoms with Crippen LogP contribution in [0.5, 0.6) is 0 Å². The van der Waals surface area contributed by atoms with Crippen molar-refractivity contribution in [1.29, 1.82) is 0 Å². The van der Waals surface area contributed by atoms with Crippen LogP contribution < -0.4 is 9.29 Å². The maximum atomic E-state index is 12.9. The highest BCUT2D eigenvalue weighted by molar-refractivity contribution is 7.92. The molecule has 0 fully saturated rings. The number of para-hydroxylation sites is 2. The van der Waals surface area contributed by atoms with E-state index < -0.39 is 10.0 Å². The summed E-state index contributed by atoms with van der Waals surface area (Å²) < 4.78 is 32.3. The van der Waals surface area contributed by atoms with E-state index in [1.807, 2.05) is 43.0 Å². The molecule has 2 aromatic carbocycles. The van der Waals surface area contributed by atoms with Gasteiger partial charge in [0, 0.05) is 0 Å². The zero-order valence-electron chi connectivity index (χ0n) is 16.8. The highest BCUT2D eigenvalue weighted by Crippen LogP contribution is 2.23. The van der Waals surface area contributed by atoms with Gasteiger partial charge in [-0.2, -0.15) is 4.57 Å². The van der Waals surface area contributed by atoms with Gasteiger partial charge in [-0.1, -0.05) is 43.7 Å². The van der Waals surface area contributed by atoms with E-state index >= 15 is 0 Å². The lowest BCUT2D eigenvalue weighted by atomic mass is 10.2. The minimum absolute atomic E-state index is 0.174. The molecule has 0 spiro atoms. The van der Waals surface area contributed by atoms with Crippen LogP contribution in [0.3, 0.4) is 0 Å². The molecular formula is C22H24N5O2S+. The average molecular weight is 423 g/mol. The molecule has 0 aliphatic rings. The smallest absolute Gasteiger partial charge is 0.258 e. The van der Waals surface area contributed by atoms with Gasteiger partial charge in [0.1, 0.15) is 12.4 Å². The zero-order valence-corrected chi connectivity index (χ0v) is 17.6. The van der Waals surface area contributed by atoms with Crippen molar-refractivity contribution >= 4 is 26.9 Å². The van der Waals surface area contributed by atoms with Crippen LogP contribution in [0.1, 0.15) is 26.2 Å². The second-order valence-corrected chi connectivity index (χ2v) is 8.75. The molecule has 4 aromatic rings. The molecule has 0 radical (unpaired) electrons. The van der Waals surface area contributed by atoms with Gasteiger partial charge < -0.3 is 0 Å². The van der Waals surface area contributed by atoms with Crippen molar-refractivity contribution < 1.29 is 13.0 Å². The lowest BCUT2D eigenvalue weighted by molar-refractivity contribution is -0.696. The molecule has 0 amide bonds. The average Bonchev–Trinajstić information content (AvgIpc) is 3.22. The molecule has 2 heterocycles. The third-order valence-corrected chi connectivity index (χ3v) is 6.15. The molecule has 0 atom stereocenters. The summed E-state index contributed by atoms with van der Waals surface area (Å²) in [5.74, 6) is 0.622. The van der Waals surface area contributed by atoms with Crippen molar-refractivity contribution in [3.05, 3.63) is 73.3 Å². The van der Waals surface area contributed by atoms with Gasteiger partial charge in [0.2, 0.25) is 12.1 Å². The number of aryl methyl sites for hydroxylation is 1. The second-order valence-electron chi connectivity index (χ2n) is 7.07. The van der Waals surface area contributed by atoms with E-state index in [-0.39, 0.29) is 10.7 Å². The van der Waals surface area contributed by atoms with Crippen molar-refractivity contribution in [2.45, 2.75) is 37.6 Å². The van der Waals surface area contributed by atoms with E-state index in [0.717, 1.165) is 25.8 Å². The summed E-state index contributed by atoms with van der Waals surface area (Å²) >= 11 is 0. The standard InChI is InChI=1S/C22H24N5O2S/c1-2-3-9-14-26-15-16-27(17-26)22-21(23-19-12-7-8-13-20(19)24-22)25-30(28,29)18-10-5-4-6-11-18/h4-8,10-13,15-17H,2-3,9,14H2,1H3,(H,23,25)/q+1. The normalized spacial score (nSPS) is 11.6. The SMILES string of the molecule is CCCCC[n+]1ccn(-c2nc3ccccc3nc2NS(=O)(=O)c2ccccc2)c1. The Bertz CT molecular complexity index is 1250. The highest BCUT2D eigenvalue weighted by Gasteiger charge is 2.22. The van der Waals surface area contributed by atoms with Gasteiger partial charge in [0.25, 0.3) is 15.8 Å². The van der Waals surface area contributed by atoms with Crippen LogP contribution in [0.25, 0.3) is 16.9 Å². The number of anilines is 1. The molecule has 4 rings (SSSR count). The van der Waals surface area contributed by atoms with Crippen molar-refractivity contribution in [1.82, 2.24) is 14.5 Å². The fourth-order valence-electron chi connectivity index (χ4n) is 3.22. The topological polar surface area (TPSA) is 80.8 Å². The molecule has 8 heteroatoms. The number of sulfonamides is 1. The van der Waals surface area contributed by atoms with E-state index in [1.165, 1.54) is 0 Å². The van der Waals surface area contributed by atoms with Crippen molar-refractivity contribution in [2.75, 3.05) is 4.72 Å². The molecule has 2 aromatic heterocycles. The number of aromatic nitrogens is 4. The van der Waals surface area contributed by atoms with Crippen LogP contribution in [-0.4, -0.2) is 23.0 Å². The van der Waals surface area contributed by atoms with Gasteiger partial charge in [-0.3, -0.25) is 4.72 Å². The maximum absolute atomic E-state index is 12.9. The van der Waals surface area contributed by atoms with Crippen molar-refractivity contribution in [3.8, 4) is 5.82 Å². The van der Waals surface area contributed by atoms with Crippen LogP contribution in [0.4, 0.5) is 5.82 Å². The molecule has 0 aliphatic heterocycles. The van der Waals surface area contributed by atoms with Gasteiger partial charge in [0.05, 0.1) is 22.5 Å². The van der Waals surface area contributed by atoms with E-state index in [9.17, 15) is 8.42 Å². The Morgan fingerprint density at radius 3 is 2.40 bits per heavy atom. The predicted molar refractivity (Wildman–Crippen MR) is 116 cm³/mol. The summed E-state index contributed by atoms with van der Waals surface area (Å²) in [5, 5.41) is 0. The van der Waals surface area contributed by atoms with Gasteiger partial charge in [-0.25, -0.2) is 23.0 Å². The van der Waals surface area contributed by atoms with E-state index in [0.29, 0.717) is 16.9 Å². The molecule has 0 saturated heterocycles. The first-order valence-electron chi connectivity index (χ1n) is 9.99. The lowest BCUT2D eigenvalue weighted by Gasteiger charge is -2.10. The summed E-state index contributed by atoms with van der Waals surface area (Å²) in [4.78, 5) is 9.43. The van der Waals surface area contributed by atoms with Crippen molar-refractivity contribution in [3.63, 3.8) is 0 Å². The first kappa shape index (κ1) is 20.0. The maximum Gasteiger partial charge on any atom is 0.270 e. The third kappa shape index (κ3) is 4.33. The zero-order chi connectivity index (χ0) is 21.0. The van der Waals surface area contributed by atoms with E-state index in [1.54, 1.807) is 34.9 Å². The van der Waals surface area contributed by atoms with Crippen LogP contribution in [0.2, 0.25) is 0 Å². The molecule has 0 aliphatic carbocycles. The monoisotopic (exact) mass is 422 g/mol. The van der Waals surface area contributed by atoms with E-state index in [4.69, 9.17) is 4.98 Å². The molecule has 0 unspecified atom stereocenters. The Balaban J connectivity index is 1.75. The third-order valence-electron chi connectivity index (χ3n) is 4.79. The Morgan fingerprint density at radius 2 is 1.67 bits per heavy atom. The van der Waals surface area contributed by atoms with Crippen LogP contribution in [0, 0.1) is 0 Å². The Morgan fingerprint density at radius 1 is 0.967 bits per heavy atom. The lowest BCUT2D eigenvalue weighted by Crippen LogP contribution is -2.30. The molecule has 154 valence electrons. The number of imidazole rings is 1. The van der Waals surface area contributed by atoms with Crippen LogP contribution in [-0.2, 0) is 16.6 Å². The van der Waals surface area contributed by atoms with Crippen LogP contribution in [0.15, 0.2) is 78.2 Å². The minimum atomic E-state index is -3.80. The Labute approximate surface area is 176 Å². The Hall–Kier alpha value is -3.26. The summed E-state index contributed by atoms with van der Waals surface area (Å²) in [5.41, 5.74) is 1.32. The number of rotatable bonds is 8. The minimum Gasteiger partial charge on any atom is -0.258 e. The Kier molecular flexibility index (Phi) is 5.76. The number of benzene rings is 2. The predicted octanol–water partition coefficient (Wildman–Crippen LogP) is 3.70. The van der Waals surface area contributed by atoms with Gasteiger partial charge in [-0.05, 0) is 37.1 Å². The number of fused-ring (bicyclic) bond motifs is 1. The summed E-state index contributed by atoms with van der Waals surface area (Å²) in [6.07, 6.45) is 9.14. The highest BCUT2D eigenvalue weighted by atomic mass is 32.2. The van der Waals surface area contributed by atoms with Crippen molar-refractivity contribution in [2.24, 2.45) is 0 Å². The molecule has 30 heavy (non-hydrogen) atoms. The van der Waals surface area contributed by atoms with Gasteiger partial charge in [0.15, 0.2) is 0 Å². The molecule has 0 saturated carbocycles. The summed E-state index contributed by atoms with van der Waals surface area (Å²) in [6, 6.07) is 15.7. The molecule has 7 nitrogen and oxygen atoms in total. The molecular weight excluding hydrogens is 398 g/mol. The van der Waals surface area contributed by atoms with E-state index in [2.05, 4.69) is 21.2 Å². The summed E-state index contributed by atoms with van der Waals surface area (Å²) in [7, 11) is -3.80.